The van der Waals surface area contributed by atoms with Crippen LogP contribution >= 0.6 is 11.6 Å². The number of halogens is 1. The van der Waals surface area contributed by atoms with Crippen LogP contribution in [-0.2, 0) is 14.8 Å². The summed E-state index contributed by atoms with van der Waals surface area (Å²) in [5.74, 6) is -1.51. The van der Waals surface area contributed by atoms with Crippen molar-refractivity contribution in [2.45, 2.75) is 11.0 Å². The van der Waals surface area contributed by atoms with Crippen LogP contribution in [0.5, 0.6) is 0 Å². The molecule has 3 N–H and O–H groups in total. The highest BCUT2D eigenvalue weighted by atomic mass is 35.5. The van der Waals surface area contributed by atoms with Gasteiger partial charge in [0.05, 0.1) is 5.02 Å². The summed E-state index contributed by atoms with van der Waals surface area (Å²) >= 11 is 5.69. The monoisotopic (exact) mass is 279 g/mol. The summed E-state index contributed by atoms with van der Waals surface area (Å²) < 4.78 is 25.3. The molecular formula is C9H10ClNO5S. The maximum absolute atomic E-state index is 11.7. The van der Waals surface area contributed by atoms with Crippen molar-refractivity contribution in [1.29, 1.82) is 0 Å². The summed E-state index contributed by atoms with van der Waals surface area (Å²) in [7, 11) is -3.92. The number of hydrogen-bond donors (Lipinski definition) is 3. The van der Waals surface area contributed by atoms with Gasteiger partial charge in [0.15, 0.2) is 6.10 Å². The van der Waals surface area contributed by atoms with Gasteiger partial charge in [-0.05, 0) is 12.1 Å². The van der Waals surface area contributed by atoms with Crippen LogP contribution in [-0.4, -0.2) is 37.2 Å². The predicted octanol–water partition coefficient (Wildman–Crippen LogP) is 0.0638. The smallest absolute Gasteiger partial charge is 0.333 e. The van der Waals surface area contributed by atoms with Crippen molar-refractivity contribution in [3.8, 4) is 0 Å². The Morgan fingerprint density at radius 2 is 2.00 bits per heavy atom. The Morgan fingerprint density at radius 3 is 2.53 bits per heavy atom. The standard InChI is InChI=1S/C9H10ClNO5S/c10-6-3-1-2-4-8(6)17(15,16)11-5-7(12)9(13)14/h1-4,7,11-12H,5H2,(H,13,14). The predicted molar refractivity (Wildman–Crippen MR) is 60.3 cm³/mol. The Balaban J connectivity index is 2.84. The summed E-state index contributed by atoms with van der Waals surface area (Å²) in [5, 5.41) is 17.4. The maximum Gasteiger partial charge on any atom is 0.333 e. The molecule has 0 fully saturated rings. The van der Waals surface area contributed by atoms with E-state index in [2.05, 4.69) is 0 Å². The number of aliphatic carboxylic acids is 1. The van der Waals surface area contributed by atoms with E-state index in [4.69, 9.17) is 21.8 Å². The number of aliphatic hydroxyl groups is 1. The molecule has 8 heteroatoms. The molecule has 6 nitrogen and oxygen atoms in total. The first-order chi connectivity index (χ1) is 7.84. The largest absolute Gasteiger partial charge is 0.479 e. The Labute approximate surface area is 103 Å². The van der Waals surface area contributed by atoms with E-state index in [1.54, 1.807) is 6.07 Å². The van der Waals surface area contributed by atoms with Gasteiger partial charge >= 0.3 is 5.97 Å². The van der Waals surface area contributed by atoms with Crippen LogP contribution in [0.15, 0.2) is 29.2 Å². The molecule has 1 unspecified atom stereocenters. The van der Waals surface area contributed by atoms with Crippen LogP contribution in [0.3, 0.4) is 0 Å². The fourth-order valence-corrected chi connectivity index (χ4v) is 2.57. The molecule has 0 saturated heterocycles. The van der Waals surface area contributed by atoms with E-state index in [1.165, 1.54) is 18.2 Å². The zero-order valence-corrected chi connectivity index (χ0v) is 10.1. The zero-order valence-electron chi connectivity index (χ0n) is 8.50. The van der Waals surface area contributed by atoms with Crippen LogP contribution in [0.2, 0.25) is 5.02 Å². The van der Waals surface area contributed by atoms with Crippen molar-refractivity contribution in [2.24, 2.45) is 0 Å². The SMILES string of the molecule is O=C(O)C(O)CNS(=O)(=O)c1ccccc1Cl. The number of nitrogens with one attached hydrogen (secondary N) is 1. The zero-order chi connectivity index (χ0) is 13.1. The van der Waals surface area contributed by atoms with Crippen LogP contribution < -0.4 is 4.72 Å². The van der Waals surface area contributed by atoms with Gasteiger partial charge < -0.3 is 10.2 Å². The van der Waals surface area contributed by atoms with E-state index in [-0.39, 0.29) is 9.92 Å². The second kappa shape index (κ2) is 5.46. The first-order valence-electron chi connectivity index (χ1n) is 4.49. The fourth-order valence-electron chi connectivity index (χ4n) is 1.02. The number of carboxylic acids is 1. The third-order valence-electron chi connectivity index (χ3n) is 1.88. The number of benzene rings is 1. The van der Waals surface area contributed by atoms with Crippen molar-refractivity contribution >= 4 is 27.6 Å². The summed E-state index contributed by atoms with van der Waals surface area (Å²) in [5.41, 5.74) is 0. The van der Waals surface area contributed by atoms with Crippen molar-refractivity contribution in [1.82, 2.24) is 4.72 Å². The van der Waals surface area contributed by atoms with Gasteiger partial charge in [0, 0.05) is 6.54 Å². The topological polar surface area (TPSA) is 104 Å². The van der Waals surface area contributed by atoms with Crippen molar-refractivity contribution < 1.29 is 23.4 Å². The maximum atomic E-state index is 11.7. The molecule has 0 aliphatic carbocycles. The minimum atomic E-state index is -3.92. The number of aliphatic hydroxyl groups excluding tert-OH is 1. The van der Waals surface area contributed by atoms with Gasteiger partial charge in [-0.3, -0.25) is 0 Å². The van der Waals surface area contributed by atoms with E-state index in [0.29, 0.717) is 0 Å². The van der Waals surface area contributed by atoms with Gasteiger partial charge in [0.2, 0.25) is 10.0 Å². The summed E-state index contributed by atoms with van der Waals surface area (Å²) in [6.45, 7) is -0.622. The third kappa shape index (κ3) is 3.67. The Morgan fingerprint density at radius 1 is 1.41 bits per heavy atom. The van der Waals surface area contributed by atoms with Gasteiger partial charge in [-0.25, -0.2) is 17.9 Å². The number of rotatable bonds is 5. The molecule has 0 aliphatic rings. The molecule has 1 rings (SSSR count). The highest BCUT2D eigenvalue weighted by molar-refractivity contribution is 7.89. The molecule has 94 valence electrons. The summed E-state index contributed by atoms with van der Waals surface area (Å²) in [6, 6.07) is 5.71. The van der Waals surface area contributed by atoms with Gasteiger partial charge in [-0.2, -0.15) is 0 Å². The molecule has 0 saturated carbocycles. The lowest BCUT2D eigenvalue weighted by Gasteiger charge is -2.09. The normalized spacial score (nSPS) is 13.3. The highest BCUT2D eigenvalue weighted by Gasteiger charge is 2.21. The summed E-state index contributed by atoms with van der Waals surface area (Å²) in [6.07, 6.45) is -1.80. The van der Waals surface area contributed by atoms with Crippen molar-refractivity contribution in [2.75, 3.05) is 6.54 Å². The van der Waals surface area contributed by atoms with Crippen molar-refractivity contribution in [3.63, 3.8) is 0 Å². The Hall–Kier alpha value is -1.15. The van der Waals surface area contributed by atoms with E-state index < -0.39 is 28.6 Å². The first kappa shape index (κ1) is 13.9. The van der Waals surface area contributed by atoms with Gasteiger partial charge in [-0.15, -0.1) is 0 Å². The molecule has 0 radical (unpaired) electrons. The number of sulfonamides is 1. The molecule has 1 aromatic carbocycles. The van der Waals surface area contributed by atoms with Crippen LogP contribution in [0, 0.1) is 0 Å². The van der Waals surface area contributed by atoms with E-state index in [1.807, 2.05) is 4.72 Å². The van der Waals surface area contributed by atoms with Crippen LogP contribution in [0.25, 0.3) is 0 Å². The molecule has 0 heterocycles. The molecular weight excluding hydrogens is 270 g/mol. The molecule has 1 atom stereocenters. The van der Waals surface area contributed by atoms with Crippen LogP contribution in [0.4, 0.5) is 0 Å². The van der Waals surface area contributed by atoms with E-state index in [9.17, 15) is 13.2 Å². The van der Waals surface area contributed by atoms with Crippen LogP contribution in [0.1, 0.15) is 0 Å². The van der Waals surface area contributed by atoms with Gasteiger partial charge in [0.1, 0.15) is 4.90 Å². The van der Waals surface area contributed by atoms with Gasteiger partial charge in [0.25, 0.3) is 0 Å². The average molecular weight is 280 g/mol. The third-order valence-corrected chi connectivity index (χ3v) is 3.80. The average Bonchev–Trinajstić information content (AvgIpc) is 2.26. The minimum Gasteiger partial charge on any atom is -0.479 e. The number of carboxylic acid groups (broad SMARTS) is 1. The highest BCUT2D eigenvalue weighted by Crippen LogP contribution is 2.19. The molecule has 0 spiro atoms. The Kier molecular flexibility index (Phi) is 4.47. The lowest BCUT2D eigenvalue weighted by Crippen LogP contribution is -2.36. The second-order valence-corrected chi connectivity index (χ2v) is 5.28. The second-order valence-electron chi connectivity index (χ2n) is 3.14. The molecule has 0 aromatic heterocycles. The molecule has 0 bridgehead atoms. The first-order valence-corrected chi connectivity index (χ1v) is 6.36. The molecule has 0 amide bonds. The van der Waals surface area contributed by atoms with E-state index in [0.717, 1.165) is 0 Å². The summed E-state index contributed by atoms with van der Waals surface area (Å²) in [4.78, 5) is 10.1. The number of carbonyl (C=O) groups is 1. The van der Waals surface area contributed by atoms with Crippen molar-refractivity contribution in [3.05, 3.63) is 29.3 Å². The Bertz CT molecular complexity index is 516. The number of hydrogen-bond acceptors (Lipinski definition) is 4. The molecule has 0 aliphatic heterocycles. The minimum absolute atomic E-state index is 0.0183. The fraction of sp³-hybridized carbons (Fsp3) is 0.222. The molecule has 1 aromatic rings. The lowest BCUT2D eigenvalue weighted by molar-refractivity contribution is -0.146. The van der Waals surface area contributed by atoms with Gasteiger partial charge in [-0.1, -0.05) is 23.7 Å². The lowest BCUT2D eigenvalue weighted by atomic mass is 10.4. The van der Waals surface area contributed by atoms with E-state index >= 15 is 0 Å². The molecule has 17 heavy (non-hydrogen) atoms. The quantitative estimate of drug-likeness (QED) is 0.707.